The Morgan fingerprint density at radius 2 is 2.21 bits per heavy atom. The van der Waals surface area contributed by atoms with Gasteiger partial charge in [-0.05, 0) is 47.2 Å². The Morgan fingerprint density at radius 3 is 2.79 bits per heavy atom. The number of nitrogens with zero attached hydrogens (tertiary/aromatic N) is 1. The van der Waals surface area contributed by atoms with Crippen molar-refractivity contribution >= 4 is 28.5 Å². The molecule has 76 valence electrons. The van der Waals surface area contributed by atoms with Crippen LogP contribution in [0, 0.1) is 3.57 Å². The van der Waals surface area contributed by atoms with E-state index in [-0.39, 0.29) is 5.91 Å². The molecule has 1 amide bonds. The monoisotopic (exact) mass is 303 g/mol. The molecule has 2 nitrogen and oxygen atoms in total. The van der Waals surface area contributed by atoms with Gasteiger partial charge in [0, 0.05) is 22.7 Å². The predicted octanol–water partition coefficient (Wildman–Crippen LogP) is 2.77. The lowest BCUT2D eigenvalue weighted by molar-refractivity contribution is 0.0795. The highest BCUT2D eigenvalue weighted by Crippen LogP contribution is 2.09. The smallest absolute Gasteiger partial charge is 0.253 e. The maximum absolute atomic E-state index is 11.8. The van der Waals surface area contributed by atoms with E-state index >= 15 is 0 Å². The van der Waals surface area contributed by atoms with Gasteiger partial charge < -0.3 is 4.90 Å². The molecule has 0 unspecified atom stereocenters. The van der Waals surface area contributed by atoms with Crippen molar-refractivity contribution in [1.29, 1.82) is 0 Å². The second kappa shape index (κ2) is 5.34. The highest BCUT2D eigenvalue weighted by atomic mass is 127. The number of hydrogen-bond donors (Lipinski definition) is 0. The van der Waals surface area contributed by atoms with Crippen LogP contribution in [0.4, 0.5) is 0 Å². The zero-order chi connectivity index (χ0) is 10.6. The minimum Gasteiger partial charge on any atom is -0.342 e. The molecule has 1 rings (SSSR count). The van der Waals surface area contributed by atoms with Gasteiger partial charge in [0.15, 0.2) is 0 Å². The van der Waals surface area contributed by atoms with Crippen LogP contribution in [0.1, 0.15) is 23.7 Å². The van der Waals surface area contributed by atoms with Crippen molar-refractivity contribution in [2.75, 3.05) is 13.6 Å². The van der Waals surface area contributed by atoms with Gasteiger partial charge in [-0.25, -0.2) is 0 Å². The first-order valence-electron chi connectivity index (χ1n) is 4.66. The quantitative estimate of drug-likeness (QED) is 0.786. The highest BCUT2D eigenvalue weighted by Gasteiger charge is 2.09. The first-order chi connectivity index (χ1) is 6.65. The van der Waals surface area contributed by atoms with Crippen LogP contribution in [0.5, 0.6) is 0 Å². The van der Waals surface area contributed by atoms with Gasteiger partial charge in [-0.2, -0.15) is 0 Å². The largest absolute Gasteiger partial charge is 0.342 e. The molecule has 14 heavy (non-hydrogen) atoms. The van der Waals surface area contributed by atoms with Gasteiger partial charge >= 0.3 is 0 Å². The van der Waals surface area contributed by atoms with Crippen molar-refractivity contribution in [3.05, 3.63) is 33.4 Å². The standard InChI is InChI=1S/C11H14INO/c1-3-7-13(2)11(14)9-5-4-6-10(12)8-9/h4-6,8H,3,7H2,1-2H3. The third-order valence-corrected chi connectivity index (χ3v) is 2.65. The Hall–Kier alpha value is -0.580. The van der Waals surface area contributed by atoms with Crippen molar-refractivity contribution in [2.45, 2.75) is 13.3 Å². The van der Waals surface area contributed by atoms with Crippen LogP contribution in [0.25, 0.3) is 0 Å². The molecule has 0 aromatic heterocycles. The van der Waals surface area contributed by atoms with E-state index in [2.05, 4.69) is 29.5 Å². The molecule has 0 aliphatic rings. The first-order valence-corrected chi connectivity index (χ1v) is 5.74. The van der Waals surface area contributed by atoms with Crippen LogP contribution in [0.2, 0.25) is 0 Å². The first kappa shape index (κ1) is 11.5. The summed E-state index contributed by atoms with van der Waals surface area (Å²) in [5.74, 6) is 0.102. The molecule has 1 aromatic rings. The lowest BCUT2D eigenvalue weighted by Gasteiger charge is -2.15. The molecule has 0 aliphatic heterocycles. The molecule has 3 heteroatoms. The second-order valence-electron chi connectivity index (χ2n) is 3.24. The van der Waals surface area contributed by atoms with Crippen molar-refractivity contribution in [1.82, 2.24) is 4.90 Å². The van der Waals surface area contributed by atoms with Crippen LogP contribution in [0.3, 0.4) is 0 Å². The summed E-state index contributed by atoms with van der Waals surface area (Å²) in [5.41, 5.74) is 0.771. The van der Waals surface area contributed by atoms with Crippen LogP contribution in [-0.2, 0) is 0 Å². The summed E-state index contributed by atoms with van der Waals surface area (Å²) in [4.78, 5) is 13.6. The number of hydrogen-bond acceptors (Lipinski definition) is 1. The Bertz CT molecular complexity index is 325. The zero-order valence-electron chi connectivity index (χ0n) is 8.46. The van der Waals surface area contributed by atoms with Crippen molar-refractivity contribution in [2.24, 2.45) is 0 Å². The van der Waals surface area contributed by atoms with E-state index in [1.807, 2.05) is 31.3 Å². The molecule has 0 heterocycles. The maximum atomic E-state index is 11.8. The average Bonchev–Trinajstić information content (AvgIpc) is 2.17. The molecule has 0 fully saturated rings. The fourth-order valence-corrected chi connectivity index (χ4v) is 1.82. The van der Waals surface area contributed by atoms with Gasteiger partial charge in [-0.1, -0.05) is 13.0 Å². The number of carbonyl (C=O) groups excluding carboxylic acids is 1. The minimum atomic E-state index is 0.102. The number of rotatable bonds is 3. The maximum Gasteiger partial charge on any atom is 0.253 e. The molecule has 0 spiro atoms. The van der Waals surface area contributed by atoms with E-state index in [9.17, 15) is 4.79 Å². The van der Waals surface area contributed by atoms with E-state index < -0.39 is 0 Å². The number of carbonyl (C=O) groups is 1. The highest BCUT2D eigenvalue weighted by molar-refractivity contribution is 14.1. The van der Waals surface area contributed by atoms with Crippen LogP contribution in [0.15, 0.2) is 24.3 Å². The van der Waals surface area contributed by atoms with E-state index in [0.29, 0.717) is 0 Å². The normalized spacial score (nSPS) is 9.93. The molecule has 0 atom stereocenters. The van der Waals surface area contributed by atoms with Crippen molar-refractivity contribution in [3.63, 3.8) is 0 Å². The Labute approximate surface area is 98.4 Å². The van der Waals surface area contributed by atoms with Gasteiger partial charge in [0.1, 0.15) is 0 Å². The summed E-state index contributed by atoms with van der Waals surface area (Å²) >= 11 is 2.21. The van der Waals surface area contributed by atoms with E-state index in [0.717, 1.165) is 22.1 Å². The van der Waals surface area contributed by atoms with E-state index in [1.54, 1.807) is 4.90 Å². The SMILES string of the molecule is CCCN(C)C(=O)c1cccc(I)c1. The van der Waals surface area contributed by atoms with E-state index in [4.69, 9.17) is 0 Å². The third-order valence-electron chi connectivity index (χ3n) is 1.98. The van der Waals surface area contributed by atoms with Gasteiger partial charge in [0.05, 0.1) is 0 Å². The topological polar surface area (TPSA) is 20.3 Å². The molecular weight excluding hydrogens is 289 g/mol. The minimum absolute atomic E-state index is 0.102. The lowest BCUT2D eigenvalue weighted by Crippen LogP contribution is -2.27. The second-order valence-corrected chi connectivity index (χ2v) is 4.48. The Morgan fingerprint density at radius 1 is 1.50 bits per heavy atom. The third kappa shape index (κ3) is 2.97. The Balaban J connectivity index is 2.78. The molecule has 0 saturated heterocycles. The summed E-state index contributed by atoms with van der Waals surface area (Å²) in [6.07, 6.45) is 0.992. The van der Waals surface area contributed by atoms with Crippen molar-refractivity contribution in [3.8, 4) is 0 Å². The van der Waals surface area contributed by atoms with Gasteiger partial charge in [0.25, 0.3) is 5.91 Å². The van der Waals surface area contributed by atoms with Crippen LogP contribution in [-0.4, -0.2) is 24.4 Å². The lowest BCUT2D eigenvalue weighted by atomic mass is 10.2. The van der Waals surface area contributed by atoms with Crippen molar-refractivity contribution < 1.29 is 4.79 Å². The summed E-state index contributed by atoms with van der Waals surface area (Å²) in [5, 5.41) is 0. The summed E-state index contributed by atoms with van der Waals surface area (Å²) < 4.78 is 1.10. The van der Waals surface area contributed by atoms with Gasteiger partial charge in [-0.3, -0.25) is 4.79 Å². The summed E-state index contributed by atoms with van der Waals surface area (Å²) in [6, 6.07) is 7.66. The average molecular weight is 303 g/mol. The molecule has 0 N–H and O–H groups in total. The molecule has 0 aliphatic carbocycles. The molecule has 0 bridgehead atoms. The molecule has 0 saturated carbocycles. The molecule has 1 aromatic carbocycles. The zero-order valence-corrected chi connectivity index (χ0v) is 10.6. The van der Waals surface area contributed by atoms with Gasteiger partial charge in [0.2, 0.25) is 0 Å². The molecule has 0 radical (unpaired) electrons. The number of amides is 1. The Kier molecular flexibility index (Phi) is 4.38. The molecular formula is C11H14INO. The van der Waals surface area contributed by atoms with Crippen LogP contribution >= 0.6 is 22.6 Å². The fraction of sp³-hybridized carbons (Fsp3) is 0.364. The van der Waals surface area contributed by atoms with E-state index in [1.165, 1.54) is 0 Å². The number of benzene rings is 1. The summed E-state index contributed by atoms with van der Waals surface area (Å²) in [6.45, 7) is 2.88. The van der Waals surface area contributed by atoms with Gasteiger partial charge in [-0.15, -0.1) is 0 Å². The summed E-state index contributed by atoms with van der Waals surface area (Å²) in [7, 11) is 1.84. The fourth-order valence-electron chi connectivity index (χ4n) is 1.28. The van der Waals surface area contributed by atoms with Crippen LogP contribution < -0.4 is 0 Å². The predicted molar refractivity (Wildman–Crippen MR) is 66.4 cm³/mol. The number of halogens is 1.